The summed E-state index contributed by atoms with van der Waals surface area (Å²) in [6, 6.07) is 6.83. The molecule has 2 aromatic rings. The molecule has 0 aliphatic carbocycles. The average Bonchev–Trinajstić information content (AvgIpc) is 2.38. The SMILES string of the molecule is Nc1ccc(C(=O)Oc2cccc(C(F)(F)F)c2)cn1. The van der Waals surface area contributed by atoms with Crippen molar-refractivity contribution in [2.24, 2.45) is 0 Å². The molecule has 0 aliphatic heterocycles. The van der Waals surface area contributed by atoms with Gasteiger partial charge in [0.05, 0.1) is 11.1 Å². The second-order valence-electron chi connectivity index (χ2n) is 3.89. The first-order chi connectivity index (χ1) is 9.36. The highest BCUT2D eigenvalue weighted by atomic mass is 19.4. The van der Waals surface area contributed by atoms with Crippen molar-refractivity contribution >= 4 is 11.8 Å². The highest BCUT2D eigenvalue weighted by molar-refractivity contribution is 5.90. The summed E-state index contributed by atoms with van der Waals surface area (Å²) in [6.07, 6.45) is -3.31. The minimum Gasteiger partial charge on any atom is -0.423 e. The maximum absolute atomic E-state index is 12.5. The molecule has 0 bridgehead atoms. The summed E-state index contributed by atoms with van der Waals surface area (Å²) in [7, 11) is 0. The highest BCUT2D eigenvalue weighted by Gasteiger charge is 2.30. The van der Waals surface area contributed by atoms with E-state index in [0.29, 0.717) is 0 Å². The van der Waals surface area contributed by atoms with Gasteiger partial charge in [0.2, 0.25) is 0 Å². The first-order valence-corrected chi connectivity index (χ1v) is 5.47. The number of pyridine rings is 1. The van der Waals surface area contributed by atoms with Crippen LogP contribution in [0.15, 0.2) is 42.6 Å². The first kappa shape index (κ1) is 13.9. The van der Waals surface area contributed by atoms with Gasteiger partial charge >= 0.3 is 12.1 Å². The maximum atomic E-state index is 12.5. The minimum absolute atomic E-state index is 0.0941. The summed E-state index contributed by atoms with van der Waals surface area (Å²) >= 11 is 0. The van der Waals surface area contributed by atoms with Crippen LogP contribution < -0.4 is 10.5 Å². The Balaban J connectivity index is 2.18. The Morgan fingerprint density at radius 1 is 1.20 bits per heavy atom. The Bertz CT molecular complexity index is 624. The molecule has 0 fully saturated rings. The lowest BCUT2D eigenvalue weighted by Gasteiger charge is -2.09. The van der Waals surface area contributed by atoms with Gasteiger partial charge in [-0.15, -0.1) is 0 Å². The lowest BCUT2D eigenvalue weighted by atomic mass is 10.2. The van der Waals surface area contributed by atoms with E-state index in [-0.39, 0.29) is 17.1 Å². The molecular formula is C13H9F3N2O2. The third kappa shape index (κ3) is 3.25. The van der Waals surface area contributed by atoms with Crippen molar-refractivity contribution in [3.63, 3.8) is 0 Å². The predicted molar refractivity (Wildman–Crippen MR) is 65.1 cm³/mol. The van der Waals surface area contributed by atoms with Gasteiger partial charge in [0, 0.05) is 6.20 Å². The molecule has 1 heterocycles. The fourth-order valence-corrected chi connectivity index (χ4v) is 1.43. The number of carbonyl (C=O) groups is 1. The number of halogens is 3. The highest BCUT2D eigenvalue weighted by Crippen LogP contribution is 2.31. The Hall–Kier alpha value is -2.57. The van der Waals surface area contributed by atoms with Gasteiger partial charge < -0.3 is 10.5 Å². The third-order valence-corrected chi connectivity index (χ3v) is 2.39. The Labute approximate surface area is 112 Å². The summed E-state index contributed by atoms with van der Waals surface area (Å²) in [5, 5.41) is 0. The molecule has 7 heteroatoms. The van der Waals surface area contributed by atoms with Crippen LogP contribution in [0.4, 0.5) is 19.0 Å². The van der Waals surface area contributed by atoms with Crippen LogP contribution in [0.1, 0.15) is 15.9 Å². The zero-order chi connectivity index (χ0) is 14.8. The normalized spacial score (nSPS) is 11.2. The maximum Gasteiger partial charge on any atom is 0.416 e. The zero-order valence-electron chi connectivity index (χ0n) is 10.0. The number of nitrogen functional groups attached to an aromatic ring is 1. The number of ether oxygens (including phenoxy) is 1. The largest absolute Gasteiger partial charge is 0.423 e. The van der Waals surface area contributed by atoms with Crippen molar-refractivity contribution in [1.82, 2.24) is 4.98 Å². The molecule has 0 amide bonds. The van der Waals surface area contributed by atoms with E-state index in [1.54, 1.807) is 0 Å². The van der Waals surface area contributed by atoms with Crippen LogP contribution in [0.3, 0.4) is 0 Å². The summed E-state index contributed by atoms with van der Waals surface area (Å²) < 4.78 is 42.4. The third-order valence-electron chi connectivity index (χ3n) is 2.39. The molecule has 20 heavy (non-hydrogen) atoms. The van der Waals surface area contributed by atoms with E-state index in [4.69, 9.17) is 10.5 Å². The minimum atomic E-state index is -4.49. The molecule has 1 aromatic carbocycles. The molecule has 1 aromatic heterocycles. The standard InChI is InChI=1S/C13H9F3N2O2/c14-13(15,16)9-2-1-3-10(6-9)20-12(19)8-4-5-11(17)18-7-8/h1-7H,(H2,17,18). The van der Waals surface area contributed by atoms with Crippen molar-refractivity contribution in [3.05, 3.63) is 53.7 Å². The number of esters is 1. The molecule has 104 valence electrons. The summed E-state index contributed by atoms with van der Waals surface area (Å²) in [5.74, 6) is -0.779. The number of alkyl halides is 3. The molecule has 4 nitrogen and oxygen atoms in total. The number of hydrogen-bond donors (Lipinski definition) is 1. The topological polar surface area (TPSA) is 65.2 Å². The Kier molecular flexibility index (Phi) is 3.60. The van der Waals surface area contributed by atoms with Gasteiger partial charge in [-0.1, -0.05) is 6.07 Å². The summed E-state index contributed by atoms with van der Waals surface area (Å²) in [6.45, 7) is 0. The van der Waals surface area contributed by atoms with Crippen LogP contribution in [0, 0.1) is 0 Å². The molecule has 2 rings (SSSR count). The Morgan fingerprint density at radius 2 is 1.95 bits per heavy atom. The van der Waals surface area contributed by atoms with E-state index < -0.39 is 17.7 Å². The van der Waals surface area contributed by atoms with Crippen molar-refractivity contribution in [3.8, 4) is 5.75 Å². The number of carbonyl (C=O) groups excluding carboxylic acids is 1. The number of anilines is 1. The van der Waals surface area contributed by atoms with Crippen LogP contribution >= 0.6 is 0 Å². The number of nitrogens with zero attached hydrogens (tertiary/aromatic N) is 1. The Morgan fingerprint density at radius 3 is 2.55 bits per heavy atom. The fraction of sp³-hybridized carbons (Fsp3) is 0.0769. The van der Waals surface area contributed by atoms with Gasteiger partial charge in [-0.3, -0.25) is 0 Å². The van der Waals surface area contributed by atoms with Gasteiger partial charge in [-0.2, -0.15) is 13.2 Å². The van der Waals surface area contributed by atoms with E-state index in [0.717, 1.165) is 18.2 Å². The number of rotatable bonds is 2. The van der Waals surface area contributed by atoms with Gasteiger partial charge in [0.15, 0.2) is 0 Å². The van der Waals surface area contributed by atoms with Crippen molar-refractivity contribution in [2.75, 3.05) is 5.73 Å². The number of nitrogens with two attached hydrogens (primary N) is 1. The summed E-state index contributed by atoms with van der Waals surface area (Å²) in [4.78, 5) is 15.4. The molecule has 2 N–H and O–H groups in total. The molecular weight excluding hydrogens is 273 g/mol. The predicted octanol–water partition coefficient (Wildman–Crippen LogP) is 2.90. The van der Waals surface area contributed by atoms with E-state index in [9.17, 15) is 18.0 Å². The smallest absolute Gasteiger partial charge is 0.416 e. The monoisotopic (exact) mass is 282 g/mol. The second kappa shape index (κ2) is 5.20. The van der Waals surface area contributed by atoms with Gasteiger partial charge in [-0.25, -0.2) is 9.78 Å². The number of benzene rings is 1. The van der Waals surface area contributed by atoms with E-state index in [1.165, 1.54) is 24.4 Å². The van der Waals surface area contributed by atoms with Crippen LogP contribution in [0.5, 0.6) is 5.75 Å². The molecule has 0 atom stereocenters. The van der Waals surface area contributed by atoms with E-state index >= 15 is 0 Å². The number of hydrogen-bond acceptors (Lipinski definition) is 4. The first-order valence-electron chi connectivity index (χ1n) is 5.47. The molecule has 0 saturated carbocycles. The molecule has 0 spiro atoms. The second-order valence-corrected chi connectivity index (χ2v) is 3.89. The van der Waals surface area contributed by atoms with Crippen LogP contribution in [0.25, 0.3) is 0 Å². The van der Waals surface area contributed by atoms with Crippen LogP contribution in [-0.4, -0.2) is 11.0 Å². The number of aromatic nitrogens is 1. The van der Waals surface area contributed by atoms with Crippen LogP contribution in [0.2, 0.25) is 0 Å². The van der Waals surface area contributed by atoms with Crippen molar-refractivity contribution in [2.45, 2.75) is 6.18 Å². The van der Waals surface area contributed by atoms with Crippen LogP contribution in [-0.2, 0) is 6.18 Å². The lowest BCUT2D eigenvalue weighted by Crippen LogP contribution is -2.10. The molecule has 0 radical (unpaired) electrons. The van der Waals surface area contributed by atoms with E-state index in [1.807, 2.05) is 0 Å². The zero-order valence-corrected chi connectivity index (χ0v) is 10.0. The quantitative estimate of drug-likeness (QED) is 0.679. The lowest BCUT2D eigenvalue weighted by molar-refractivity contribution is -0.137. The fourth-order valence-electron chi connectivity index (χ4n) is 1.43. The summed E-state index contributed by atoms with van der Waals surface area (Å²) in [5.41, 5.74) is 4.56. The molecule has 0 unspecified atom stereocenters. The van der Waals surface area contributed by atoms with E-state index in [2.05, 4.69) is 4.98 Å². The van der Waals surface area contributed by atoms with Gasteiger partial charge in [0.25, 0.3) is 0 Å². The average molecular weight is 282 g/mol. The molecule has 0 aliphatic rings. The van der Waals surface area contributed by atoms with Crippen molar-refractivity contribution in [1.29, 1.82) is 0 Å². The van der Waals surface area contributed by atoms with Gasteiger partial charge in [0.1, 0.15) is 11.6 Å². The van der Waals surface area contributed by atoms with Crippen molar-refractivity contribution < 1.29 is 22.7 Å². The van der Waals surface area contributed by atoms with Gasteiger partial charge in [-0.05, 0) is 30.3 Å². The molecule has 0 saturated heterocycles.